The highest BCUT2D eigenvalue weighted by Gasteiger charge is 2.18. The molecule has 0 amide bonds. The minimum absolute atomic E-state index is 0.00517. The molecule has 0 aliphatic heterocycles. The van der Waals surface area contributed by atoms with Crippen LogP contribution in [0.25, 0.3) is 32.1 Å². The molecule has 0 bridgehead atoms. The fraction of sp³-hybridized carbons (Fsp3) is 0.190. The molecule has 0 radical (unpaired) electrons. The van der Waals surface area contributed by atoms with E-state index in [2.05, 4.69) is 9.17 Å². The topological polar surface area (TPSA) is 131 Å². The maximum atomic E-state index is 12.6. The van der Waals surface area contributed by atoms with Crippen molar-refractivity contribution < 1.29 is 26.1 Å². The molecule has 32 heavy (non-hydrogen) atoms. The Bertz CT molecular complexity index is 1580. The number of aromatic nitrogens is 1. The zero-order chi connectivity index (χ0) is 23.1. The monoisotopic (exact) mass is 493 g/mol. The normalized spacial score (nSPS) is 12.5. The molecule has 0 saturated heterocycles. The Kier molecular flexibility index (Phi) is 5.84. The van der Waals surface area contributed by atoms with Crippen molar-refractivity contribution in [2.24, 2.45) is 0 Å². The maximum absolute atomic E-state index is 12.6. The number of nitrogens with one attached hydrogen (secondary N) is 1. The molecule has 8 nitrogen and oxygen atoms in total. The summed E-state index contributed by atoms with van der Waals surface area (Å²) in [5.41, 5.74) is 1.44. The first kappa shape index (κ1) is 22.5. The number of phenols is 1. The van der Waals surface area contributed by atoms with E-state index >= 15 is 0 Å². The summed E-state index contributed by atoms with van der Waals surface area (Å²) in [6, 6.07) is 11.0. The Labute approximate surface area is 188 Å². The van der Waals surface area contributed by atoms with Crippen LogP contribution in [0.2, 0.25) is 0 Å². The zero-order valence-electron chi connectivity index (χ0n) is 16.9. The molecule has 0 fully saturated rings. The summed E-state index contributed by atoms with van der Waals surface area (Å²) in [4.78, 5) is 15.2. The van der Waals surface area contributed by atoms with Crippen LogP contribution in [0, 0.1) is 0 Å². The molecule has 2 N–H and O–H groups in total. The molecule has 0 atom stereocenters. The van der Waals surface area contributed by atoms with Crippen molar-refractivity contribution in [3.63, 3.8) is 0 Å². The summed E-state index contributed by atoms with van der Waals surface area (Å²) < 4.78 is 52.2. The minimum atomic E-state index is -3.64. The number of hydrogen-bond donors (Lipinski definition) is 2. The van der Waals surface area contributed by atoms with Crippen molar-refractivity contribution >= 4 is 52.3 Å². The molecule has 0 spiro atoms. The lowest BCUT2D eigenvalue weighted by molar-refractivity contribution is 0.322. The number of aromatic hydroxyl groups is 1. The molecule has 168 valence electrons. The van der Waals surface area contributed by atoms with Crippen LogP contribution in [0.5, 0.6) is 5.75 Å². The molecule has 2 heterocycles. The number of pyridine rings is 1. The fourth-order valence-corrected chi connectivity index (χ4v) is 6.04. The lowest BCUT2D eigenvalue weighted by atomic mass is 9.97. The Morgan fingerprint density at radius 3 is 2.44 bits per heavy atom. The number of sulfone groups is 1. The van der Waals surface area contributed by atoms with Gasteiger partial charge in [-0.25, -0.2) is 8.42 Å². The first-order chi connectivity index (χ1) is 15.1. The van der Waals surface area contributed by atoms with Gasteiger partial charge in [-0.2, -0.15) is 8.42 Å². The molecule has 2 aromatic heterocycles. The highest BCUT2D eigenvalue weighted by atomic mass is 32.2. The first-order valence-corrected chi connectivity index (χ1v) is 13.8. The van der Waals surface area contributed by atoms with Crippen molar-refractivity contribution in [1.82, 2.24) is 4.98 Å². The molecule has 11 heteroatoms. The van der Waals surface area contributed by atoms with E-state index in [0.29, 0.717) is 32.1 Å². The number of benzene rings is 2. The average molecular weight is 494 g/mol. The number of rotatable bonds is 7. The Balaban J connectivity index is 1.70. The van der Waals surface area contributed by atoms with Crippen LogP contribution < -0.4 is 5.56 Å². The van der Waals surface area contributed by atoms with Gasteiger partial charge in [0.15, 0.2) is 9.84 Å². The number of hydrogen-bond acceptors (Lipinski definition) is 8. The van der Waals surface area contributed by atoms with Crippen LogP contribution in [0.4, 0.5) is 0 Å². The molecular weight excluding hydrogens is 474 g/mol. The number of thiophene rings is 1. The standard InChI is InChI=1S/C21H19NO7S3/c1-31(25,26)29-10-2-12-32(27,28)14-5-3-13(4-6-14)18-17(23)8-7-16-19(18)15-9-11-30-20(15)21(24)22-16/h3-9,11,23H,2,10,12H2,1H3,(H,22,24). The SMILES string of the molecule is CS(=O)(=O)OCCCS(=O)(=O)c1ccc(-c2c(O)ccc3[nH]c(=O)c4sccc4c23)cc1. The maximum Gasteiger partial charge on any atom is 0.266 e. The van der Waals surface area contributed by atoms with E-state index in [9.17, 15) is 26.7 Å². The summed E-state index contributed by atoms with van der Waals surface area (Å²) in [7, 11) is -7.26. The molecule has 0 saturated carbocycles. The lowest BCUT2D eigenvalue weighted by Gasteiger charge is -2.12. The highest BCUT2D eigenvalue weighted by Crippen LogP contribution is 2.39. The molecule has 4 rings (SSSR count). The van der Waals surface area contributed by atoms with Gasteiger partial charge in [-0.05, 0) is 47.7 Å². The Morgan fingerprint density at radius 2 is 1.75 bits per heavy atom. The van der Waals surface area contributed by atoms with E-state index in [4.69, 9.17) is 0 Å². The fourth-order valence-electron chi connectivity index (χ4n) is 3.53. The summed E-state index contributed by atoms with van der Waals surface area (Å²) in [5.74, 6) is -0.261. The van der Waals surface area contributed by atoms with E-state index in [1.165, 1.54) is 29.5 Å². The van der Waals surface area contributed by atoms with Gasteiger partial charge in [-0.3, -0.25) is 8.98 Å². The molecule has 2 aromatic carbocycles. The van der Waals surface area contributed by atoms with Gasteiger partial charge >= 0.3 is 0 Å². The number of aromatic amines is 1. The number of H-pyrrole nitrogens is 1. The number of fused-ring (bicyclic) bond motifs is 3. The van der Waals surface area contributed by atoms with Crippen LogP contribution in [-0.2, 0) is 24.1 Å². The third-order valence-corrected chi connectivity index (χ3v) is 8.25. The second kappa shape index (κ2) is 8.32. The van der Waals surface area contributed by atoms with E-state index in [0.717, 1.165) is 6.26 Å². The largest absolute Gasteiger partial charge is 0.507 e. The van der Waals surface area contributed by atoms with Gasteiger partial charge in [0.1, 0.15) is 10.4 Å². The van der Waals surface area contributed by atoms with E-state index in [-0.39, 0.29) is 35.0 Å². The first-order valence-electron chi connectivity index (χ1n) is 9.49. The van der Waals surface area contributed by atoms with Crippen molar-refractivity contribution in [3.8, 4) is 16.9 Å². The van der Waals surface area contributed by atoms with Crippen LogP contribution in [0.15, 0.2) is 57.5 Å². The molecular formula is C21H19NO7S3. The third-order valence-electron chi connectivity index (χ3n) is 4.93. The van der Waals surface area contributed by atoms with Crippen molar-refractivity contribution in [1.29, 1.82) is 0 Å². The summed E-state index contributed by atoms with van der Waals surface area (Å²) in [6.45, 7) is -0.213. The quantitative estimate of drug-likeness (QED) is 0.298. The van der Waals surface area contributed by atoms with Gasteiger partial charge < -0.3 is 10.1 Å². The third kappa shape index (κ3) is 4.42. The Morgan fingerprint density at radius 1 is 1.03 bits per heavy atom. The second-order valence-electron chi connectivity index (χ2n) is 7.22. The van der Waals surface area contributed by atoms with Crippen molar-refractivity contribution in [2.45, 2.75) is 11.3 Å². The molecule has 0 unspecified atom stereocenters. The van der Waals surface area contributed by atoms with Gasteiger partial charge in [0.05, 0.1) is 23.5 Å². The highest BCUT2D eigenvalue weighted by molar-refractivity contribution is 7.91. The molecule has 4 aromatic rings. The van der Waals surface area contributed by atoms with Gasteiger partial charge in [-0.1, -0.05) is 12.1 Å². The zero-order valence-corrected chi connectivity index (χ0v) is 19.3. The van der Waals surface area contributed by atoms with Crippen LogP contribution >= 0.6 is 11.3 Å². The number of phenolic OH excluding ortho intramolecular Hbond substituents is 1. The van der Waals surface area contributed by atoms with Gasteiger partial charge in [0, 0.05) is 21.9 Å². The lowest BCUT2D eigenvalue weighted by Crippen LogP contribution is -2.11. The predicted molar refractivity (Wildman–Crippen MR) is 125 cm³/mol. The minimum Gasteiger partial charge on any atom is -0.507 e. The van der Waals surface area contributed by atoms with Gasteiger partial charge in [0.2, 0.25) is 0 Å². The predicted octanol–water partition coefficient (Wildman–Crippen LogP) is 3.26. The summed E-state index contributed by atoms with van der Waals surface area (Å²) in [6.07, 6.45) is 0.938. The van der Waals surface area contributed by atoms with Crippen molar-refractivity contribution in [2.75, 3.05) is 18.6 Å². The van der Waals surface area contributed by atoms with Gasteiger partial charge in [0.25, 0.3) is 15.7 Å². The van der Waals surface area contributed by atoms with Crippen molar-refractivity contribution in [3.05, 3.63) is 58.2 Å². The second-order valence-corrected chi connectivity index (χ2v) is 11.9. The smallest absolute Gasteiger partial charge is 0.266 e. The van der Waals surface area contributed by atoms with Crippen LogP contribution in [0.1, 0.15) is 6.42 Å². The van der Waals surface area contributed by atoms with E-state index in [1.807, 2.05) is 6.07 Å². The van der Waals surface area contributed by atoms with E-state index < -0.39 is 20.0 Å². The van der Waals surface area contributed by atoms with E-state index in [1.54, 1.807) is 23.6 Å². The van der Waals surface area contributed by atoms with Crippen LogP contribution in [0.3, 0.4) is 0 Å². The average Bonchev–Trinajstić information content (AvgIpc) is 3.22. The Hall–Kier alpha value is -2.73. The van der Waals surface area contributed by atoms with Crippen LogP contribution in [-0.4, -0.2) is 45.5 Å². The summed E-state index contributed by atoms with van der Waals surface area (Å²) >= 11 is 1.30. The van der Waals surface area contributed by atoms with Gasteiger partial charge in [-0.15, -0.1) is 11.3 Å². The molecule has 0 aliphatic rings. The molecule has 0 aliphatic carbocycles. The summed E-state index contributed by atoms with van der Waals surface area (Å²) in [5, 5.41) is 13.8.